The monoisotopic (exact) mass is 444 g/mol. The van der Waals surface area contributed by atoms with Gasteiger partial charge in [-0.1, -0.05) is 23.7 Å². The smallest absolute Gasteiger partial charge is 0.261 e. The summed E-state index contributed by atoms with van der Waals surface area (Å²) in [6.07, 6.45) is 3.59. The van der Waals surface area contributed by atoms with E-state index in [-0.39, 0.29) is 16.7 Å². The van der Waals surface area contributed by atoms with Crippen molar-refractivity contribution in [3.8, 4) is 0 Å². The number of thioether (sulfide) groups is 1. The Hall–Kier alpha value is -2.09. The number of aromatic nitrogens is 1. The number of rotatable bonds is 4. The maximum Gasteiger partial charge on any atom is 0.261 e. The van der Waals surface area contributed by atoms with E-state index in [1.165, 1.54) is 11.3 Å². The molecule has 8 heteroatoms. The highest BCUT2D eigenvalue weighted by Gasteiger charge is 2.32. The second-order valence-corrected chi connectivity index (χ2v) is 10.5. The van der Waals surface area contributed by atoms with Crippen LogP contribution in [-0.4, -0.2) is 27.2 Å². The van der Waals surface area contributed by atoms with Crippen LogP contribution in [-0.2, 0) is 6.54 Å². The molecular formula is C21H21ClN4OS2. The summed E-state index contributed by atoms with van der Waals surface area (Å²) < 4.78 is -0.170. The Kier molecular flexibility index (Phi) is 5.55. The molecule has 1 unspecified atom stereocenters. The van der Waals surface area contributed by atoms with Gasteiger partial charge in [0.1, 0.15) is 5.84 Å². The Bertz CT molecular complexity index is 1110. The predicted octanol–water partition coefficient (Wildman–Crippen LogP) is 4.80. The molecule has 0 aliphatic carbocycles. The van der Waals surface area contributed by atoms with Gasteiger partial charge < -0.3 is 11.1 Å². The summed E-state index contributed by atoms with van der Waals surface area (Å²) in [4.78, 5) is 22.9. The van der Waals surface area contributed by atoms with Gasteiger partial charge >= 0.3 is 0 Å². The Morgan fingerprint density at radius 3 is 2.93 bits per heavy atom. The molecule has 1 amide bonds. The first-order valence-electron chi connectivity index (χ1n) is 9.21. The lowest BCUT2D eigenvalue weighted by Crippen LogP contribution is -2.39. The molecule has 3 heterocycles. The van der Waals surface area contributed by atoms with Gasteiger partial charge in [-0.3, -0.25) is 14.8 Å². The second kappa shape index (κ2) is 7.97. The lowest BCUT2D eigenvalue weighted by atomic mass is 10.1. The van der Waals surface area contributed by atoms with Crippen molar-refractivity contribution in [1.29, 1.82) is 0 Å². The number of hydrogen-bond acceptors (Lipinski definition) is 6. The van der Waals surface area contributed by atoms with Gasteiger partial charge in [0.05, 0.1) is 20.7 Å². The fraction of sp³-hybridized carbons (Fsp3) is 0.286. The van der Waals surface area contributed by atoms with E-state index < -0.39 is 0 Å². The van der Waals surface area contributed by atoms with Crippen molar-refractivity contribution in [1.82, 2.24) is 10.3 Å². The topological polar surface area (TPSA) is 80.4 Å². The molecule has 1 aliphatic heterocycles. The maximum absolute atomic E-state index is 12.7. The number of thiophene rings is 1. The largest absolute Gasteiger partial charge is 0.386 e. The minimum Gasteiger partial charge on any atom is -0.386 e. The van der Waals surface area contributed by atoms with Crippen molar-refractivity contribution in [2.45, 2.75) is 31.2 Å². The Balaban J connectivity index is 1.47. The zero-order chi connectivity index (χ0) is 20.6. The molecule has 4 rings (SSSR count). The van der Waals surface area contributed by atoms with Gasteiger partial charge in [-0.05, 0) is 43.0 Å². The van der Waals surface area contributed by atoms with Crippen LogP contribution in [0.15, 0.2) is 47.7 Å². The molecule has 1 atom stereocenters. The van der Waals surface area contributed by atoms with Gasteiger partial charge in [0, 0.05) is 35.0 Å². The lowest BCUT2D eigenvalue weighted by molar-refractivity contribution is 0.0955. The normalized spacial score (nSPS) is 18.4. The van der Waals surface area contributed by atoms with E-state index >= 15 is 0 Å². The molecular weight excluding hydrogens is 424 g/mol. The molecule has 3 N–H and O–H groups in total. The number of halogens is 1. The fourth-order valence-corrected chi connectivity index (χ4v) is 5.63. The minimum absolute atomic E-state index is 0.110. The molecule has 3 aromatic rings. The van der Waals surface area contributed by atoms with Crippen molar-refractivity contribution >= 4 is 57.2 Å². The molecule has 0 bridgehead atoms. The van der Waals surface area contributed by atoms with Gasteiger partial charge in [0.2, 0.25) is 0 Å². The van der Waals surface area contributed by atoms with E-state index in [2.05, 4.69) is 35.2 Å². The number of carbonyl (C=O) groups excluding carboxylic acids is 1. The number of carbonyl (C=O) groups is 1. The zero-order valence-corrected chi connectivity index (χ0v) is 18.5. The van der Waals surface area contributed by atoms with Crippen LogP contribution in [0.5, 0.6) is 0 Å². The second-order valence-electron chi connectivity index (χ2n) is 7.41. The third-order valence-electron chi connectivity index (χ3n) is 4.91. The Morgan fingerprint density at radius 2 is 2.14 bits per heavy atom. The zero-order valence-electron chi connectivity index (χ0n) is 16.1. The molecule has 0 radical (unpaired) electrons. The molecule has 1 aliphatic rings. The van der Waals surface area contributed by atoms with Crippen molar-refractivity contribution in [2.75, 3.05) is 5.75 Å². The molecule has 5 nitrogen and oxygen atoms in total. The van der Waals surface area contributed by atoms with Crippen molar-refractivity contribution in [3.05, 3.63) is 63.1 Å². The molecule has 2 aromatic heterocycles. The maximum atomic E-state index is 12.7. The highest BCUT2D eigenvalue weighted by Crippen LogP contribution is 2.41. The average molecular weight is 445 g/mol. The quantitative estimate of drug-likeness (QED) is 0.605. The Labute approximate surface area is 182 Å². The van der Waals surface area contributed by atoms with E-state index in [0.717, 1.165) is 27.0 Å². The van der Waals surface area contributed by atoms with Crippen LogP contribution in [0.1, 0.15) is 40.0 Å². The standard InChI is InChI=1S/C21H21ClN4OS2/c1-21(2)20(23)26-16(11-28-21)18-15(22)8-17(29-18)19(27)25-9-12-3-4-14-10-24-6-5-13(14)7-12/h3-8,10,16H,9,11H2,1-2H3,(H2,23,26)(H,25,27). The average Bonchev–Trinajstić information content (AvgIpc) is 3.10. The number of aliphatic imine (C=N–C) groups is 1. The number of amides is 1. The van der Waals surface area contributed by atoms with E-state index in [1.54, 1.807) is 24.0 Å². The first-order valence-corrected chi connectivity index (χ1v) is 11.4. The van der Waals surface area contributed by atoms with Crippen LogP contribution < -0.4 is 11.1 Å². The minimum atomic E-state index is -0.170. The summed E-state index contributed by atoms with van der Waals surface area (Å²) in [6, 6.07) is 9.63. The van der Waals surface area contributed by atoms with Gasteiger partial charge in [-0.2, -0.15) is 0 Å². The molecule has 150 valence electrons. The molecule has 0 saturated heterocycles. The summed E-state index contributed by atoms with van der Waals surface area (Å²) in [6.45, 7) is 4.57. The highest BCUT2D eigenvalue weighted by atomic mass is 35.5. The summed E-state index contributed by atoms with van der Waals surface area (Å²) in [5.41, 5.74) is 7.15. The molecule has 1 aromatic carbocycles. The van der Waals surface area contributed by atoms with Crippen molar-refractivity contribution in [2.24, 2.45) is 10.7 Å². The van der Waals surface area contributed by atoms with Crippen LogP contribution in [0.2, 0.25) is 5.02 Å². The van der Waals surface area contributed by atoms with E-state index in [4.69, 9.17) is 17.3 Å². The van der Waals surface area contributed by atoms with Crippen molar-refractivity contribution < 1.29 is 4.79 Å². The van der Waals surface area contributed by atoms with Crippen molar-refractivity contribution in [3.63, 3.8) is 0 Å². The third-order valence-corrected chi connectivity index (χ3v) is 7.98. The SMILES string of the molecule is CC1(C)SCC(c2sc(C(=O)NCc3ccc4cnccc4c3)cc2Cl)N=C1N. The summed E-state index contributed by atoms with van der Waals surface area (Å²) in [7, 11) is 0. The van der Waals surface area contributed by atoms with Crippen LogP contribution in [0.25, 0.3) is 10.8 Å². The summed E-state index contributed by atoms with van der Waals surface area (Å²) in [5.74, 6) is 1.26. The Morgan fingerprint density at radius 1 is 1.31 bits per heavy atom. The van der Waals surface area contributed by atoms with Gasteiger partial charge in [0.15, 0.2) is 0 Å². The molecule has 0 fully saturated rings. The summed E-state index contributed by atoms with van der Waals surface area (Å²) in [5, 5.41) is 5.72. The number of amidine groups is 1. The first kappa shape index (κ1) is 20.2. The van der Waals surface area contributed by atoms with Crippen LogP contribution in [0.3, 0.4) is 0 Å². The number of hydrogen-bond donors (Lipinski definition) is 2. The van der Waals surface area contributed by atoms with E-state index in [9.17, 15) is 4.79 Å². The predicted molar refractivity (Wildman–Crippen MR) is 123 cm³/mol. The number of benzene rings is 1. The van der Waals surface area contributed by atoms with Crippen LogP contribution >= 0.6 is 34.7 Å². The lowest BCUT2D eigenvalue weighted by Gasteiger charge is -2.30. The van der Waals surface area contributed by atoms with Gasteiger partial charge in [-0.15, -0.1) is 23.1 Å². The molecule has 29 heavy (non-hydrogen) atoms. The number of nitrogens with one attached hydrogen (secondary N) is 1. The first-order chi connectivity index (χ1) is 13.8. The number of nitrogens with two attached hydrogens (primary N) is 1. The highest BCUT2D eigenvalue weighted by molar-refractivity contribution is 8.01. The van der Waals surface area contributed by atoms with Gasteiger partial charge in [-0.25, -0.2) is 0 Å². The third kappa shape index (κ3) is 4.27. The summed E-state index contributed by atoms with van der Waals surface area (Å²) >= 11 is 9.57. The number of nitrogens with zero attached hydrogens (tertiary/aromatic N) is 2. The molecule has 0 spiro atoms. The number of pyridine rings is 1. The van der Waals surface area contributed by atoms with Crippen LogP contribution in [0, 0.1) is 0 Å². The fourth-order valence-electron chi connectivity index (χ4n) is 3.09. The van der Waals surface area contributed by atoms with Gasteiger partial charge in [0.25, 0.3) is 5.91 Å². The number of fused-ring (bicyclic) bond motifs is 1. The van der Waals surface area contributed by atoms with E-state index in [0.29, 0.717) is 22.3 Å². The van der Waals surface area contributed by atoms with Crippen LogP contribution in [0.4, 0.5) is 0 Å². The molecule has 0 saturated carbocycles. The van der Waals surface area contributed by atoms with E-state index in [1.807, 2.05) is 24.4 Å².